The molecule has 0 bridgehead atoms. The minimum absolute atomic E-state index is 0.179. The van der Waals surface area contributed by atoms with Crippen LogP contribution in [0.3, 0.4) is 0 Å². The summed E-state index contributed by atoms with van der Waals surface area (Å²) in [4.78, 5) is 2.54. The van der Waals surface area contributed by atoms with E-state index in [9.17, 15) is 4.39 Å². The Morgan fingerprint density at radius 2 is 2.18 bits per heavy atom. The number of likely N-dealkylation sites (tertiary alicyclic amines) is 1. The van der Waals surface area contributed by atoms with E-state index < -0.39 is 0 Å². The average molecular weight is 300 g/mol. The Morgan fingerprint density at radius 1 is 1.41 bits per heavy atom. The SMILES string of the molecule is CCC1CCC(C)N1Cc1ccc(F)cc1Br. The molecule has 2 unspecified atom stereocenters. The van der Waals surface area contributed by atoms with Gasteiger partial charge in [-0.05, 0) is 43.9 Å². The third-order valence-corrected chi connectivity index (χ3v) is 4.53. The lowest BCUT2D eigenvalue weighted by molar-refractivity contribution is 0.189. The molecule has 94 valence electrons. The molecule has 1 aliphatic rings. The molecule has 2 atom stereocenters. The van der Waals surface area contributed by atoms with Crippen LogP contribution < -0.4 is 0 Å². The minimum atomic E-state index is -0.179. The molecule has 0 N–H and O–H groups in total. The lowest BCUT2D eigenvalue weighted by Crippen LogP contribution is -2.33. The van der Waals surface area contributed by atoms with Crippen molar-refractivity contribution in [1.82, 2.24) is 4.90 Å². The summed E-state index contributed by atoms with van der Waals surface area (Å²) in [5.41, 5.74) is 1.18. The van der Waals surface area contributed by atoms with Gasteiger partial charge in [-0.1, -0.05) is 28.9 Å². The molecule has 0 spiro atoms. The largest absolute Gasteiger partial charge is 0.293 e. The van der Waals surface area contributed by atoms with Crippen LogP contribution in [-0.4, -0.2) is 17.0 Å². The zero-order chi connectivity index (χ0) is 12.4. The Labute approximate surface area is 111 Å². The number of nitrogens with zero attached hydrogens (tertiary/aromatic N) is 1. The van der Waals surface area contributed by atoms with E-state index in [1.165, 1.54) is 24.8 Å². The van der Waals surface area contributed by atoms with Crippen molar-refractivity contribution in [2.75, 3.05) is 0 Å². The Hall–Kier alpha value is -0.410. The fourth-order valence-corrected chi connectivity index (χ4v) is 3.17. The van der Waals surface area contributed by atoms with Crippen molar-refractivity contribution in [1.29, 1.82) is 0 Å². The molecule has 1 fully saturated rings. The van der Waals surface area contributed by atoms with Gasteiger partial charge in [-0.15, -0.1) is 0 Å². The number of benzene rings is 1. The van der Waals surface area contributed by atoms with Gasteiger partial charge in [0.25, 0.3) is 0 Å². The van der Waals surface area contributed by atoms with E-state index in [1.54, 1.807) is 12.1 Å². The van der Waals surface area contributed by atoms with Crippen molar-refractivity contribution in [3.63, 3.8) is 0 Å². The summed E-state index contributed by atoms with van der Waals surface area (Å²) in [5.74, 6) is -0.179. The van der Waals surface area contributed by atoms with Crippen LogP contribution in [-0.2, 0) is 6.54 Å². The predicted molar refractivity (Wildman–Crippen MR) is 72.4 cm³/mol. The second-order valence-electron chi connectivity index (χ2n) is 4.90. The number of halogens is 2. The fourth-order valence-electron chi connectivity index (χ4n) is 2.70. The molecule has 0 radical (unpaired) electrons. The molecule has 2 rings (SSSR count). The van der Waals surface area contributed by atoms with Gasteiger partial charge in [-0.25, -0.2) is 4.39 Å². The van der Waals surface area contributed by atoms with Crippen molar-refractivity contribution >= 4 is 15.9 Å². The maximum atomic E-state index is 13.0. The minimum Gasteiger partial charge on any atom is -0.293 e. The van der Waals surface area contributed by atoms with Crippen molar-refractivity contribution < 1.29 is 4.39 Å². The van der Waals surface area contributed by atoms with Crippen LogP contribution in [0.2, 0.25) is 0 Å². The van der Waals surface area contributed by atoms with Gasteiger partial charge in [0.2, 0.25) is 0 Å². The number of hydrogen-bond acceptors (Lipinski definition) is 1. The van der Waals surface area contributed by atoms with E-state index >= 15 is 0 Å². The first-order valence-electron chi connectivity index (χ1n) is 6.31. The van der Waals surface area contributed by atoms with Crippen molar-refractivity contribution in [2.24, 2.45) is 0 Å². The summed E-state index contributed by atoms with van der Waals surface area (Å²) in [7, 11) is 0. The Kier molecular flexibility index (Phi) is 4.21. The highest BCUT2D eigenvalue weighted by Crippen LogP contribution is 2.29. The molecule has 0 aromatic heterocycles. The smallest absolute Gasteiger partial charge is 0.124 e. The van der Waals surface area contributed by atoms with Crippen LogP contribution in [0.25, 0.3) is 0 Å². The van der Waals surface area contributed by atoms with Gasteiger partial charge in [0.15, 0.2) is 0 Å². The maximum absolute atomic E-state index is 13.0. The first kappa shape index (κ1) is 13.0. The number of rotatable bonds is 3. The van der Waals surface area contributed by atoms with Gasteiger partial charge < -0.3 is 0 Å². The zero-order valence-corrected chi connectivity index (χ0v) is 12.0. The molecule has 1 heterocycles. The topological polar surface area (TPSA) is 3.24 Å². The van der Waals surface area contributed by atoms with Crippen LogP contribution >= 0.6 is 15.9 Å². The second kappa shape index (κ2) is 5.49. The highest BCUT2D eigenvalue weighted by atomic mass is 79.9. The molecule has 17 heavy (non-hydrogen) atoms. The molecular formula is C14H19BrFN. The fraction of sp³-hybridized carbons (Fsp3) is 0.571. The molecule has 1 aromatic carbocycles. The lowest BCUT2D eigenvalue weighted by atomic mass is 10.1. The molecule has 3 heteroatoms. The molecule has 0 aliphatic carbocycles. The van der Waals surface area contributed by atoms with E-state index in [2.05, 4.69) is 34.7 Å². The predicted octanol–water partition coefficient (Wildman–Crippen LogP) is 4.35. The second-order valence-corrected chi connectivity index (χ2v) is 5.75. The highest BCUT2D eigenvalue weighted by molar-refractivity contribution is 9.10. The summed E-state index contributed by atoms with van der Waals surface area (Å²) in [5, 5.41) is 0. The average Bonchev–Trinajstić information content (AvgIpc) is 2.64. The van der Waals surface area contributed by atoms with Gasteiger partial charge in [-0.3, -0.25) is 4.90 Å². The molecule has 1 aromatic rings. The Balaban J connectivity index is 2.14. The summed E-state index contributed by atoms with van der Waals surface area (Å²) in [6.45, 7) is 5.45. The van der Waals surface area contributed by atoms with Crippen molar-refractivity contribution in [3.05, 3.63) is 34.1 Å². The van der Waals surface area contributed by atoms with Gasteiger partial charge in [0, 0.05) is 23.1 Å². The van der Waals surface area contributed by atoms with E-state index in [-0.39, 0.29) is 5.82 Å². The Bertz CT molecular complexity index is 394. The van der Waals surface area contributed by atoms with Crippen LogP contribution in [0.4, 0.5) is 4.39 Å². The van der Waals surface area contributed by atoms with Gasteiger partial charge >= 0.3 is 0 Å². The molecule has 1 saturated heterocycles. The third kappa shape index (κ3) is 2.89. The monoisotopic (exact) mass is 299 g/mol. The van der Waals surface area contributed by atoms with Crippen LogP contribution in [0, 0.1) is 5.82 Å². The lowest BCUT2D eigenvalue weighted by Gasteiger charge is -2.28. The van der Waals surface area contributed by atoms with E-state index in [0.717, 1.165) is 11.0 Å². The first-order valence-corrected chi connectivity index (χ1v) is 7.10. The summed E-state index contributed by atoms with van der Waals surface area (Å²) >= 11 is 3.45. The highest BCUT2D eigenvalue weighted by Gasteiger charge is 2.29. The molecular weight excluding hydrogens is 281 g/mol. The van der Waals surface area contributed by atoms with Crippen LogP contribution in [0.5, 0.6) is 0 Å². The first-order chi connectivity index (χ1) is 8.11. The van der Waals surface area contributed by atoms with Gasteiger partial charge in [-0.2, -0.15) is 0 Å². The summed E-state index contributed by atoms with van der Waals surface area (Å²) in [6.07, 6.45) is 3.76. The summed E-state index contributed by atoms with van der Waals surface area (Å²) < 4.78 is 13.9. The molecule has 0 amide bonds. The summed E-state index contributed by atoms with van der Waals surface area (Å²) in [6, 6.07) is 6.30. The van der Waals surface area contributed by atoms with Crippen LogP contribution in [0.15, 0.2) is 22.7 Å². The Morgan fingerprint density at radius 3 is 2.82 bits per heavy atom. The van der Waals surface area contributed by atoms with E-state index in [4.69, 9.17) is 0 Å². The molecule has 1 nitrogen and oxygen atoms in total. The van der Waals surface area contributed by atoms with Crippen molar-refractivity contribution in [2.45, 2.75) is 51.7 Å². The van der Waals surface area contributed by atoms with Crippen molar-refractivity contribution in [3.8, 4) is 0 Å². The maximum Gasteiger partial charge on any atom is 0.124 e. The number of hydrogen-bond donors (Lipinski definition) is 0. The normalized spacial score (nSPS) is 25.4. The van der Waals surface area contributed by atoms with Crippen LogP contribution in [0.1, 0.15) is 38.7 Å². The quantitative estimate of drug-likeness (QED) is 0.802. The molecule has 0 saturated carbocycles. The van der Waals surface area contributed by atoms with E-state index in [0.29, 0.717) is 12.1 Å². The third-order valence-electron chi connectivity index (χ3n) is 3.79. The van der Waals surface area contributed by atoms with Gasteiger partial charge in [0.1, 0.15) is 5.82 Å². The van der Waals surface area contributed by atoms with E-state index in [1.807, 2.05) is 6.07 Å². The van der Waals surface area contributed by atoms with Gasteiger partial charge in [0.05, 0.1) is 0 Å². The molecule has 1 aliphatic heterocycles. The standard InChI is InChI=1S/C14H19BrFN/c1-3-13-7-4-10(2)17(13)9-11-5-6-12(16)8-14(11)15/h5-6,8,10,13H,3-4,7,9H2,1-2H3. The zero-order valence-electron chi connectivity index (χ0n) is 10.4.